The zero-order chi connectivity index (χ0) is 8.97. The van der Waals surface area contributed by atoms with Crippen LogP contribution in [-0.4, -0.2) is 11.0 Å². The quantitative estimate of drug-likeness (QED) is 0.719. The maximum absolute atomic E-state index is 5.56. The first-order chi connectivity index (χ1) is 5.68. The van der Waals surface area contributed by atoms with Crippen molar-refractivity contribution >= 4 is 6.08 Å². The van der Waals surface area contributed by atoms with E-state index in [-0.39, 0.29) is 6.04 Å². The van der Waals surface area contributed by atoms with Gasteiger partial charge in [0.25, 0.3) is 0 Å². The zero-order valence-electron chi connectivity index (χ0n) is 7.49. The van der Waals surface area contributed by atoms with Gasteiger partial charge in [0.15, 0.2) is 0 Å². The van der Waals surface area contributed by atoms with E-state index in [0.29, 0.717) is 0 Å². The summed E-state index contributed by atoms with van der Waals surface area (Å²) in [4.78, 5) is 4.17. The monoisotopic (exact) mass is 162 g/mol. The van der Waals surface area contributed by atoms with Crippen molar-refractivity contribution in [3.63, 3.8) is 0 Å². The second-order valence-corrected chi connectivity index (χ2v) is 2.98. The second-order valence-electron chi connectivity index (χ2n) is 2.98. The van der Waals surface area contributed by atoms with Gasteiger partial charge in [0.1, 0.15) is 0 Å². The van der Waals surface area contributed by atoms with Crippen molar-refractivity contribution < 1.29 is 0 Å². The van der Waals surface area contributed by atoms with E-state index in [1.165, 1.54) is 5.56 Å². The van der Waals surface area contributed by atoms with E-state index in [9.17, 15) is 0 Å². The third-order valence-corrected chi connectivity index (χ3v) is 1.51. The van der Waals surface area contributed by atoms with Crippen LogP contribution in [0.4, 0.5) is 0 Å². The van der Waals surface area contributed by atoms with Gasteiger partial charge < -0.3 is 5.73 Å². The molecule has 1 aromatic rings. The van der Waals surface area contributed by atoms with E-state index < -0.39 is 0 Å². The molecule has 0 amide bonds. The number of hydrogen-bond donors (Lipinski definition) is 1. The van der Waals surface area contributed by atoms with Crippen molar-refractivity contribution in [3.8, 4) is 0 Å². The standard InChI is InChI=1S/C10H14N2/c1-8-5-6-12-10(7-8)4-3-9(2)11/h3-7,9H,11H2,1-2H3/b4-3+. The summed E-state index contributed by atoms with van der Waals surface area (Å²) in [5.41, 5.74) is 7.75. The lowest BCUT2D eigenvalue weighted by Gasteiger charge is -1.96. The number of aromatic nitrogens is 1. The predicted molar refractivity (Wildman–Crippen MR) is 51.7 cm³/mol. The number of nitrogens with two attached hydrogens (primary N) is 1. The number of nitrogens with zero attached hydrogens (tertiary/aromatic N) is 1. The second kappa shape index (κ2) is 4.02. The molecular weight excluding hydrogens is 148 g/mol. The maximum atomic E-state index is 5.56. The lowest BCUT2D eigenvalue weighted by molar-refractivity contribution is 0.930. The van der Waals surface area contributed by atoms with Crippen LogP contribution in [0.3, 0.4) is 0 Å². The molecule has 2 N–H and O–H groups in total. The summed E-state index contributed by atoms with van der Waals surface area (Å²) >= 11 is 0. The minimum Gasteiger partial charge on any atom is -0.325 e. The average molecular weight is 162 g/mol. The highest BCUT2D eigenvalue weighted by Gasteiger charge is 1.89. The molecule has 1 aromatic heterocycles. The molecule has 0 saturated heterocycles. The van der Waals surface area contributed by atoms with Crippen molar-refractivity contribution in [2.75, 3.05) is 0 Å². The Bertz CT molecular complexity index is 277. The van der Waals surface area contributed by atoms with Crippen molar-refractivity contribution in [1.29, 1.82) is 0 Å². The van der Waals surface area contributed by atoms with Crippen LogP contribution in [0.25, 0.3) is 6.08 Å². The number of hydrogen-bond acceptors (Lipinski definition) is 2. The van der Waals surface area contributed by atoms with Crippen molar-refractivity contribution in [2.45, 2.75) is 19.9 Å². The first-order valence-corrected chi connectivity index (χ1v) is 4.05. The van der Waals surface area contributed by atoms with Gasteiger partial charge in [0.05, 0.1) is 5.69 Å². The molecule has 64 valence electrons. The third kappa shape index (κ3) is 2.84. The fourth-order valence-electron chi connectivity index (χ4n) is 0.901. The molecule has 0 saturated carbocycles. The van der Waals surface area contributed by atoms with Crippen molar-refractivity contribution in [2.24, 2.45) is 5.73 Å². The Morgan fingerprint density at radius 2 is 2.33 bits per heavy atom. The highest BCUT2D eigenvalue weighted by molar-refractivity contribution is 5.45. The maximum Gasteiger partial charge on any atom is 0.0629 e. The molecule has 0 spiro atoms. The Hall–Kier alpha value is -1.15. The lowest BCUT2D eigenvalue weighted by Crippen LogP contribution is -2.09. The van der Waals surface area contributed by atoms with Crippen LogP contribution in [-0.2, 0) is 0 Å². The molecule has 1 atom stereocenters. The average Bonchev–Trinajstić information content (AvgIpc) is 2.01. The highest BCUT2D eigenvalue weighted by atomic mass is 14.7. The number of aryl methyl sites for hydroxylation is 1. The van der Waals surface area contributed by atoms with E-state index in [1.54, 1.807) is 6.20 Å². The van der Waals surface area contributed by atoms with Gasteiger partial charge in [-0.25, -0.2) is 0 Å². The minimum absolute atomic E-state index is 0.0901. The van der Waals surface area contributed by atoms with Crippen LogP contribution in [0.1, 0.15) is 18.2 Å². The Morgan fingerprint density at radius 3 is 2.92 bits per heavy atom. The summed E-state index contributed by atoms with van der Waals surface area (Å²) < 4.78 is 0. The fourth-order valence-corrected chi connectivity index (χ4v) is 0.901. The van der Waals surface area contributed by atoms with Gasteiger partial charge in [0, 0.05) is 12.2 Å². The largest absolute Gasteiger partial charge is 0.325 e. The molecular formula is C10H14N2. The molecule has 0 aliphatic rings. The van der Waals surface area contributed by atoms with Gasteiger partial charge in [-0.1, -0.05) is 6.08 Å². The van der Waals surface area contributed by atoms with Crippen LogP contribution < -0.4 is 5.73 Å². The Labute approximate surface area is 73.1 Å². The molecule has 0 radical (unpaired) electrons. The summed E-state index contributed by atoms with van der Waals surface area (Å²) in [6, 6.07) is 4.09. The van der Waals surface area contributed by atoms with E-state index in [2.05, 4.69) is 4.98 Å². The van der Waals surface area contributed by atoms with Crippen molar-refractivity contribution in [1.82, 2.24) is 4.98 Å². The molecule has 0 aliphatic carbocycles. The summed E-state index contributed by atoms with van der Waals surface area (Å²) in [5.74, 6) is 0. The summed E-state index contributed by atoms with van der Waals surface area (Å²) in [6.07, 6.45) is 5.68. The Kier molecular flexibility index (Phi) is 3.00. The Balaban J connectivity index is 2.76. The molecule has 2 heteroatoms. The molecule has 12 heavy (non-hydrogen) atoms. The van der Waals surface area contributed by atoms with E-state index in [0.717, 1.165) is 5.69 Å². The molecule has 1 rings (SSSR count). The molecule has 1 unspecified atom stereocenters. The van der Waals surface area contributed by atoms with Crippen LogP contribution in [0.5, 0.6) is 0 Å². The summed E-state index contributed by atoms with van der Waals surface area (Å²) in [5, 5.41) is 0. The predicted octanol–water partition coefficient (Wildman–Crippen LogP) is 1.75. The molecule has 1 heterocycles. The molecule has 0 bridgehead atoms. The molecule has 2 nitrogen and oxygen atoms in total. The van der Waals surface area contributed by atoms with Gasteiger partial charge >= 0.3 is 0 Å². The van der Waals surface area contributed by atoms with Gasteiger partial charge in [-0.2, -0.15) is 0 Å². The van der Waals surface area contributed by atoms with Crippen LogP contribution in [0, 0.1) is 6.92 Å². The van der Waals surface area contributed by atoms with E-state index in [1.807, 2.05) is 38.1 Å². The normalized spacial score (nSPS) is 13.6. The zero-order valence-corrected chi connectivity index (χ0v) is 7.49. The molecule has 0 aliphatic heterocycles. The first-order valence-electron chi connectivity index (χ1n) is 4.05. The fraction of sp³-hybridized carbons (Fsp3) is 0.300. The van der Waals surface area contributed by atoms with Crippen molar-refractivity contribution in [3.05, 3.63) is 35.7 Å². The van der Waals surface area contributed by atoms with Crippen LogP contribution >= 0.6 is 0 Å². The van der Waals surface area contributed by atoms with Gasteiger partial charge in [-0.05, 0) is 37.6 Å². The number of pyridine rings is 1. The lowest BCUT2D eigenvalue weighted by atomic mass is 10.2. The molecule has 0 aromatic carbocycles. The topological polar surface area (TPSA) is 38.9 Å². The minimum atomic E-state index is 0.0901. The number of rotatable bonds is 2. The Morgan fingerprint density at radius 1 is 1.58 bits per heavy atom. The first kappa shape index (κ1) is 8.94. The van der Waals surface area contributed by atoms with Crippen LogP contribution in [0.2, 0.25) is 0 Å². The smallest absolute Gasteiger partial charge is 0.0629 e. The molecule has 0 fully saturated rings. The third-order valence-electron chi connectivity index (χ3n) is 1.51. The summed E-state index contributed by atoms with van der Waals surface area (Å²) in [7, 11) is 0. The van der Waals surface area contributed by atoms with Gasteiger partial charge in [-0.15, -0.1) is 0 Å². The summed E-state index contributed by atoms with van der Waals surface area (Å²) in [6.45, 7) is 3.98. The van der Waals surface area contributed by atoms with Gasteiger partial charge in [-0.3, -0.25) is 4.98 Å². The van der Waals surface area contributed by atoms with E-state index >= 15 is 0 Å². The SMILES string of the molecule is Cc1ccnc(/C=C/C(C)N)c1. The van der Waals surface area contributed by atoms with E-state index in [4.69, 9.17) is 5.73 Å². The highest BCUT2D eigenvalue weighted by Crippen LogP contribution is 2.01. The van der Waals surface area contributed by atoms with Gasteiger partial charge in [0.2, 0.25) is 0 Å². The van der Waals surface area contributed by atoms with Crippen LogP contribution in [0.15, 0.2) is 24.4 Å².